The molecule has 3 rings (SSSR count). The number of fused-ring (bicyclic) bond motifs is 1. The van der Waals surface area contributed by atoms with E-state index in [1.165, 1.54) is 42.4 Å². The average molecular weight is 293 g/mol. The highest BCUT2D eigenvalue weighted by atomic mass is 16.1. The van der Waals surface area contributed by atoms with Crippen molar-refractivity contribution in [2.45, 2.75) is 45.1 Å². The van der Waals surface area contributed by atoms with Crippen molar-refractivity contribution in [2.75, 3.05) is 0 Å². The molecule has 0 spiro atoms. The molecule has 1 atom stereocenters. The third kappa shape index (κ3) is 3.22. The van der Waals surface area contributed by atoms with Crippen molar-refractivity contribution in [1.29, 1.82) is 0 Å². The fraction of sp³-hybridized carbons (Fsp3) is 0.350. The van der Waals surface area contributed by atoms with Crippen LogP contribution >= 0.6 is 0 Å². The van der Waals surface area contributed by atoms with E-state index in [0.29, 0.717) is 0 Å². The Morgan fingerprint density at radius 3 is 2.50 bits per heavy atom. The first-order valence-electron chi connectivity index (χ1n) is 8.25. The van der Waals surface area contributed by atoms with Gasteiger partial charge in [0.25, 0.3) is 5.91 Å². The lowest BCUT2D eigenvalue weighted by Gasteiger charge is -2.21. The maximum atomic E-state index is 12.4. The first-order valence-corrected chi connectivity index (χ1v) is 8.25. The molecule has 114 valence electrons. The van der Waals surface area contributed by atoms with E-state index in [-0.39, 0.29) is 11.9 Å². The molecule has 22 heavy (non-hydrogen) atoms. The summed E-state index contributed by atoms with van der Waals surface area (Å²) in [5, 5.41) is 3.17. The van der Waals surface area contributed by atoms with E-state index < -0.39 is 0 Å². The van der Waals surface area contributed by atoms with Crippen LogP contribution in [0.15, 0.2) is 48.5 Å². The maximum absolute atomic E-state index is 12.4. The van der Waals surface area contributed by atoms with E-state index in [4.69, 9.17) is 0 Å². The molecule has 1 aliphatic rings. The van der Waals surface area contributed by atoms with E-state index in [1.807, 2.05) is 30.3 Å². The molecule has 2 nitrogen and oxygen atoms in total. The van der Waals surface area contributed by atoms with Crippen LogP contribution in [0, 0.1) is 0 Å². The standard InChI is InChI=1S/C20H23NO/c1-2-19(21-20(22)16-9-4-3-5-10-16)18-13-12-15-8-6-7-11-17(15)14-18/h3-5,9-10,12-14,19H,2,6-8,11H2,1H3,(H,21,22)/t19-/m0/s1. The minimum Gasteiger partial charge on any atom is -0.345 e. The van der Waals surface area contributed by atoms with Crippen LogP contribution in [-0.4, -0.2) is 5.91 Å². The summed E-state index contributed by atoms with van der Waals surface area (Å²) in [5.74, 6) is 0.00479. The zero-order valence-corrected chi connectivity index (χ0v) is 13.1. The number of nitrogens with one attached hydrogen (secondary N) is 1. The number of amides is 1. The summed E-state index contributed by atoms with van der Waals surface area (Å²) in [5.41, 5.74) is 4.90. The Labute approximate surface area is 132 Å². The van der Waals surface area contributed by atoms with Gasteiger partial charge in [-0.3, -0.25) is 4.79 Å². The lowest BCUT2D eigenvalue weighted by molar-refractivity contribution is 0.0935. The summed E-state index contributed by atoms with van der Waals surface area (Å²) in [7, 11) is 0. The van der Waals surface area contributed by atoms with E-state index in [1.54, 1.807) is 0 Å². The van der Waals surface area contributed by atoms with E-state index >= 15 is 0 Å². The minimum absolute atomic E-state index is 0.00479. The van der Waals surface area contributed by atoms with Crippen LogP contribution in [-0.2, 0) is 12.8 Å². The van der Waals surface area contributed by atoms with Gasteiger partial charge in [0, 0.05) is 5.56 Å². The highest BCUT2D eigenvalue weighted by Crippen LogP contribution is 2.26. The van der Waals surface area contributed by atoms with Gasteiger partial charge in [0.1, 0.15) is 0 Å². The Morgan fingerprint density at radius 1 is 1.05 bits per heavy atom. The van der Waals surface area contributed by atoms with Crippen LogP contribution in [0.2, 0.25) is 0 Å². The van der Waals surface area contributed by atoms with Gasteiger partial charge in [-0.25, -0.2) is 0 Å². The third-order valence-electron chi connectivity index (χ3n) is 4.52. The highest BCUT2D eigenvalue weighted by Gasteiger charge is 2.16. The topological polar surface area (TPSA) is 29.1 Å². The van der Waals surface area contributed by atoms with E-state index in [0.717, 1.165) is 12.0 Å². The molecule has 0 aliphatic heterocycles. The minimum atomic E-state index is 0.00479. The zero-order valence-electron chi connectivity index (χ0n) is 13.1. The molecular formula is C20H23NO. The molecule has 0 bridgehead atoms. The summed E-state index contributed by atoms with van der Waals surface area (Å²) in [6.45, 7) is 2.12. The Hall–Kier alpha value is -2.09. The van der Waals surface area contributed by atoms with Crippen LogP contribution < -0.4 is 5.32 Å². The fourth-order valence-electron chi connectivity index (χ4n) is 3.22. The fourth-order valence-corrected chi connectivity index (χ4v) is 3.22. The second-order valence-electron chi connectivity index (χ2n) is 6.04. The SMILES string of the molecule is CC[C@H](NC(=O)c1ccccc1)c1ccc2c(c1)CCCC2. The molecule has 0 aromatic heterocycles. The van der Waals surface area contributed by atoms with Gasteiger partial charge in [-0.1, -0.05) is 43.3 Å². The molecule has 0 unspecified atom stereocenters. The van der Waals surface area contributed by atoms with Gasteiger partial charge in [-0.15, -0.1) is 0 Å². The summed E-state index contributed by atoms with van der Waals surface area (Å²) in [6, 6.07) is 16.3. The number of hydrogen-bond donors (Lipinski definition) is 1. The second kappa shape index (κ2) is 6.78. The van der Waals surface area contributed by atoms with Gasteiger partial charge >= 0.3 is 0 Å². The Morgan fingerprint density at radius 2 is 1.77 bits per heavy atom. The molecule has 2 aromatic carbocycles. The van der Waals surface area contributed by atoms with Crippen LogP contribution in [0.3, 0.4) is 0 Å². The lowest BCUT2D eigenvalue weighted by Crippen LogP contribution is -2.28. The zero-order chi connectivity index (χ0) is 15.4. The van der Waals surface area contributed by atoms with Crippen molar-refractivity contribution >= 4 is 5.91 Å². The van der Waals surface area contributed by atoms with Gasteiger partial charge in [0.15, 0.2) is 0 Å². The van der Waals surface area contributed by atoms with Crippen LogP contribution in [0.5, 0.6) is 0 Å². The van der Waals surface area contributed by atoms with Gasteiger partial charge in [-0.2, -0.15) is 0 Å². The summed E-state index contributed by atoms with van der Waals surface area (Å²) >= 11 is 0. The number of hydrogen-bond acceptors (Lipinski definition) is 1. The molecule has 0 fully saturated rings. The number of carbonyl (C=O) groups excluding carboxylic acids is 1. The molecule has 2 aromatic rings. The van der Waals surface area contributed by atoms with Crippen LogP contribution in [0.4, 0.5) is 0 Å². The first kappa shape index (κ1) is 14.8. The molecule has 0 heterocycles. The predicted molar refractivity (Wildman–Crippen MR) is 90.0 cm³/mol. The summed E-state index contributed by atoms with van der Waals surface area (Å²) in [4.78, 5) is 12.4. The van der Waals surface area contributed by atoms with Crippen molar-refractivity contribution in [3.05, 3.63) is 70.8 Å². The smallest absolute Gasteiger partial charge is 0.251 e. The van der Waals surface area contributed by atoms with E-state index in [2.05, 4.69) is 30.4 Å². The van der Waals surface area contributed by atoms with Gasteiger partial charge in [-0.05, 0) is 60.9 Å². The maximum Gasteiger partial charge on any atom is 0.251 e. The normalized spacial score (nSPS) is 15.0. The molecule has 1 amide bonds. The largest absolute Gasteiger partial charge is 0.345 e. The number of carbonyl (C=O) groups is 1. The number of benzene rings is 2. The number of aryl methyl sites for hydroxylation is 2. The summed E-state index contributed by atoms with van der Waals surface area (Å²) < 4.78 is 0. The van der Waals surface area contributed by atoms with Gasteiger partial charge < -0.3 is 5.32 Å². The molecule has 0 saturated carbocycles. The van der Waals surface area contributed by atoms with Crippen molar-refractivity contribution in [3.63, 3.8) is 0 Å². The molecule has 0 radical (unpaired) electrons. The van der Waals surface area contributed by atoms with Crippen molar-refractivity contribution in [2.24, 2.45) is 0 Å². The van der Waals surface area contributed by atoms with Crippen LogP contribution in [0.1, 0.15) is 59.3 Å². The Bertz CT molecular complexity index is 648. The van der Waals surface area contributed by atoms with Crippen molar-refractivity contribution < 1.29 is 4.79 Å². The van der Waals surface area contributed by atoms with Crippen LogP contribution in [0.25, 0.3) is 0 Å². The quantitative estimate of drug-likeness (QED) is 0.886. The lowest BCUT2D eigenvalue weighted by atomic mass is 9.88. The first-order chi connectivity index (χ1) is 10.8. The van der Waals surface area contributed by atoms with Crippen molar-refractivity contribution in [1.82, 2.24) is 5.32 Å². The predicted octanol–water partition coefficient (Wildman–Crippen LogP) is 4.45. The Kier molecular flexibility index (Phi) is 4.57. The van der Waals surface area contributed by atoms with Gasteiger partial charge in [0.2, 0.25) is 0 Å². The third-order valence-corrected chi connectivity index (χ3v) is 4.52. The Balaban J connectivity index is 1.78. The molecule has 1 N–H and O–H groups in total. The van der Waals surface area contributed by atoms with Crippen molar-refractivity contribution in [3.8, 4) is 0 Å². The molecule has 2 heteroatoms. The monoisotopic (exact) mass is 293 g/mol. The average Bonchev–Trinajstić information content (AvgIpc) is 2.59. The highest BCUT2D eigenvalue weighted by molar-refractivity contribution is 5.94. The second-order valence-corrected chi connectivity index (χ2v) is 6.04. The molecule has 1 aliphatic carbocycles. The van der Waals surface area contributed by atoms with E-state index in [9.17, 15) is 4.79 Å². The molecular weight excluding hydrogens is 270 g/mol. The number of rotatable bonds is 4. The summed E-state index contributed by atoms with van der Waals surface area (Å²) in [6.07, 6.45) is 5.85. The van der Waals surface area contributed by atoms with Gasteiger partial charge in [0.05, 0.1) is 6.04 Å². The molecule has 0 saturated heterocycles.